The molecule has 27 heavy (non-hydrogen) atoms. The zero-order valence-corrected chi connectivity index (χ0v) is 16.3. The van der Waals surface area contributed by atoms with Crippen LogP contribution in [-0.2, 0) is 6.18 Å². The van der Waals surface area contributed by atoms with E-state index in [9.17, 15) is 13.2 Å². The van der Waals surface area contributed by atoms with Gasteiger partial charge in [-0.25, -0.2) is 4.98 Å². The molecule has 2 aromatic carbocycles. The van der Waals surface area contributed by atoms with Crippen molar-refractivity contribution in [2.24, 2.45) is 0 Å². The number of rotatable bonds is 3. The molecule has 1 aliphatic heterocycles. The molecule has 0 N–H and O–H groups in total. The van der Waals surface area contributed by atoms with Crippen LogP contribution < -0.4 is 9.80 Å². The number of fused-ring (bicyclic) bond motifs is 1. The summed E-state index contributed by atoms with van der Waals surface area (Å²) in [5.74, 6) is 0. The minimum absolute atomic E-state index is 0.599. The van der Waals surface area contributed by atoms with Crippen molar-refractivity contribution in [2.45, 2.75) is 11.1 Å². The van der Waals surface area contributed by atoms with Gasteiger partial charge >= 0.3 is 6.18 Å². The Bertz CT molecular complexity index is 947. The molecule has 0 aliphatic carbocycles. The number of alkyl halides is 3. The number of thioether (sulfide) groups is 1. The van der Waals surface area contributed by atoms with E-state index in [-0.39, 0.29) is 0 Å². The number of nitrogens with zero attached hydrogens (tertiary/aromatic N) is 3. The lowest BCUT2D eigenvalue weighted by atomic mass is 10.1. The third-order valence-corrected chi connectivity index (χ3v) is 6.53. The quantitative estimate of drug-likeness (QED) is 0.542. The molecular weight excluding hydrogens is 391 g/mol. The van der Waals surface area contributed by atoms with Crippen molar-refractivity contribution in [1.82, 2.24) is 4.98 Å². The molecule has 0 unspecified atom stereocenters. The Hall–Kier alpha value is -1.93. The number of thiazole rings is 1. The van der Waals surface area contributed by atoms with Crippen molar-refractivity contribution >= 4 is 44.1 Å². The number of piperazine rings is 1. The maximum absolute atomic E-state index is 12.9. The molecule has 1 aliphatic rings. The maximum Gasteiger partial charge on any atom is 0.416 e. The molecule has 4 rings (SSSR count). The average molecular weight is 410 g/mol. The fourth-order valence-electron chi connectivity index (χ4n) is 3.25. The number of halogens is 3. The molecule has 0 spiro atoms. The predicted octanol–water partition coefficient (Wildman–Crippen LogP) is 5.36. The van der Waals surface area contributed by atoms with E-state index in [0.29, 0.717) is 18.8 Å². The fraction of sp³-hybridized carbons (Fsp3) is 0.316. The highest BCUT2D eigenvalue weighted by Gasteiger charge is 2.31. The topological polar surface area (TPSA) is 19.4 Å². The molecule has 3 aromatic rings. The van der Waals surface area contributed by atoms with Crippen LogP contribution in [0.5, 0.6) is 0 Å². The molecule has 0 bridgehead atoms. The van der Waals surface area contributed by atoms with Crippen molar-refractivity contribution in [3.8, 4) is 0 Å². The average Bonchev–Trinajstić information content (AvgIpc) is 3.12. The Labute approximate surface area is 163 Å². The van der Waals surface area contributed by atoms with Crippen LogP contribution in [0, 0.1) is 0 Å². The Morgan fingerprint density at radius 1 is 1.00 bits per heavy atom. The van der Waals surface area contributed by atoms with Gasteiger partial charge in [0.15, 0.2) is 5.13 Å². The van der Waals surface area contributed by atoms with Crippen LogP contribution in [0.2, 0.25) is 0 Å². The van der Waals surface area contributed by atoms with E-state index in [1.165, 1.54) is 12.1 Å². The number of para-hydroxylation sites is 1. The molecule has 0 radical (unpaired) electrons. The van der Waals surface area contributed by atoms with Crippen molar-refractivity contribution in [1.29, 1.82) is 0 Å². The molecule has 0 atom stereocenters. The third kappa shape index (κ3) is 3.73. The number of anilines is 2. The summed E-state index contributed by atoms with van der Waals surface area (Å²) in [6, 6.07) is 11.8. The lowest BCUT2D eigenvalue weighted by Gasteiger charge is -2.36. The van der Waals surface area contributed by atoms with Crippen molar-refractivity contribution < 1.29 is 13.2 Å². The van der Waals surface area contributed by atoms with Crippen LogP contribution in [0.1, 0.15) is 5.56 Å². The van der Waals surface area contributed by atoms with E-state index in [1.54, 1.807) is 29.2 Å². The summed E-state index contributed by atoms with van der Waals surface area (Å²) in [5, 5.41) is 0.982. The highest BCUT2D eigenvalue weighted by Crippen LogP contribution is 2.35. The highest BCUT2D eigenvalue weighted by molar-refractivity contribution is 7.98. The van der Waals surface area contributed by atoms with E-state index in [4.69, 9.17) is 4.98 Å². The van der Waals surface area contributed by atoms with Gasteiger partial charge in [-0.15, -0.1) is 11.8 Å². The lowest BCUT2D eigenvalue weighted by molar-refractivity contribution is -0.137. The fourth-order valence-corrected chi connectivity index (χ4v) is 4.92. The molecule has 0 saturated carbocycles. The lowest BCUT2D eigenvalue weighted by Crippen LogP contribution is -2.46. The number of hydrogen-bond donors (Lipinski definition) is 0. The second kappa shape index (κ2) is 7.24. The van der Waals surface area contributed by atoms with E-state index >= 15 is 0 Å². The van der Waals surface area contributed by atoms with Gasteiger partial charge in [-0.1, -0.05) is 23.5 Å². The molecule has 1 fully saturated rings. The smallest absolute Gasteiger partial charge is 0.368 e. The molecule has 1 saturated heterocycles. The Balaban J connectivity index is 1.50. The molecule has 0 amide bonds. The Morgan fingerprint density at radius 3 is 2.41 bits per heavy atom. The van der Waals surface area contributed by atoms with E-state index in [0.717, 1.165) is 39.4 Å². The summed E-state index contributed by atoms with van der Waals surface area (Å²) >= 11 is 3.36. The normalized spacial score (nSPS) is 15.6. The van der Waals surface area contributed by atoms with Gasteiger partial charge in [0.25, 0.3) is 0 Å². The standard InChI is InChI=1S/C19H18F3N3S2/c1-26-15-6-3-7-16-17(15)23-18(27-16)25-10-8-24(9-11-25)14-5-2-4-13(12-14)19(20,21)22/h2-7,12H,8-11H2,1H3. The second-order valence-corrected chi connectivity index (χ2v) is 8.18. The second-order valence-electron chi connectivity index (χ2n) is 6.33. The molecule has 3 nitrogen and oxygen atoms in total. The predicted molar refractivity (Wildman–Crippen MR) is 107 cm³/mol. The molecule has 142 valence electrons. The molecule has 1 aromatic heterocycles. The van der Waals surface area contributed by atoms with Gasteiger partial charge in [0.05, 0.1) is 15.8 Å². The summed E-state index contributed by atoms with van der Waals surface area (Å²) in [7, 11) is 0. The maximum atomic E-state index is 12.9. The van der Waals surface area contributed by atoms with E-state index in [1.807, 2.05) is 17.2 Å². The molecule has 8 heteroatoms. The Morgan fingerprint density at radius 2 is 1.70 bits per heavy atom. The minimum Gasteiger partial charge on any atom is -0.368 e. The first-order valence-electron chi connectivity index (χ1n) is 8.56. The minimum atomic E-state index is -4.31. The van der Waals surface area contributed by atoms with E-state index in [2.05, 4.69) is 17.0 Å². The van der Waals surface area contributed by atoms with Gasteiger partial charge in [-0.2, -0.15) is 13.2 Å². The highest BCUT2D eigenvalue weighted by atomic mass is 32.2. The van der Waals surface area contributed by atoms with Crippen LogP contribution in [0.15, 0.2) is 47.4 Å². The largest absolute Gasteiger partial charge is 0.416 e. The van der Waals surface area contributed by atoms with Gasteiger partial charge in [0.2, 0.25) is 0 Å². The number of aromatic nitrogens is 1. The third-order valence-electron chi connectivity index (χ3n) is 4.68. The Kier molecular flexibility index (Phi) is 4.94. The summed E-state index contributed by atoms with van der Waals surface area (Å²) in [6.07, 6.45) is -2.27. The van der Waals surface area contributed by atoms with E-state index < -0.39 is 11.7 Å². The van der Waals surface area contributed by atoms with Gasteiger partial charge in [0.1, 0.15) is 0 Å². The first-order valence-corrected chi connectivity index (χ1v) is 10.6. The number of hydrogen-bond acceptors (Lipinski definition) is 5. The molecule has 2 heterocycles. The van der Waals surface area contributed by atoms with Crippen LogP contribution in [-0.4, -0.2) is 37.4 Å². The van der Waals surface area contributed by atoms with Crippen molar-refractivity contribution in [3.05, 3.63) is 48.0 Å². The summed E-state index contributed by atoms with van der Waals surface area (Å²) in [6.45, 7) is 2.83. The van der Waals surface area contributed by atoms with Crippen LogP contribution in [0.4, 0.5) is 24.0 Å². The van der Waals surface area contributed by atoms with Crippen LogP contribution in [0.25, 0.3) is 10.2 Å². The van der Waals surface area contributed by atoms with Gasteiger partial charge in [-0.3, -0.25) is 0 Å². The first kappa shape index (κ1) is 18.4. The monoisotopic (exact) mass is 409 g/mol. The summed E-state index contributed by atoms with van der Waals surface area (Å²) in [4.78, 5) is 10.2. The van der Waals surface area contributed by atoms with Gasteiger partial charge in [0, 0.05) is 36.8 Å². The number of benzene rings is 2. The van der Waals surface area contributed by atoms with Crippen LogP contribution in [0.3, 0.4) is 0 Å². The van der Waals surface area contributed by atoms with Gasteiger partial charge in [-0.05, 0) is 36.6 Å². The van der Waals surface area contributed by atoms with Gasteiger partial charge < -0.3 is 9.80 Å². The summed E-state index contributed by atoms with van der Waals surface area (Å²) in [5.41, 5.74) is 1.06. The first-order chi connectivity index (χ1) is 13.0. The van der Waals surface area contributed by atoms with Crippen LogP contribution >= 0.6 is 23.1 Å². The summed E-state index contributed by atoms with van der Waals surface area (Å²) < 4.78 is 40.0. The van der Waals surface area contributed by atoms with Crippen molar-refractivity contribution in [2.75, 3.05) is 42.2 Å². The van der Waals surface area contributed by atoms with Crippen molar-refractivity contribution in [3.63, 3.8) is 0 Å². The molecular formula is C19H18F3N3S2. The zero-order valence-electron chi connectivity index (χ0n) is 14.7. The SMILES string of the molecule is CSc1cccc2sc(N3CCN(c4cccc(C(F)(F)F)c4)CC3)nc12. The zero-order chi connectivity index (χ0) is 19.0.